The number of likely N-dealkylation sites (tertiary alicyclic amines) is 1. The Morgan fingerprint density at radius 1 is 1.18 bits per heavy atom. The number of imide groups is 1. The molecule has 28 heavy (non-hydrogen) atoms. The van der Waals surface area contributed by atoms with Crippen LogP contribution in [0.25, 0.3) is 0 Å². The Labute approximate surface area is 161 Å². The fourth-order valence-electron chi connectivity index (χ4n) is 3.38. The molecule has 1 aromatic carbocycles. The molecule has 7 nitrogen and oxygen atoms in total. The van der Waals surface area contributed by atoms with E-state index < -0.39 is 24.3 Å². The van der Waals surface area contributed by atoms with Crippen molar-refractivity contribution < 1.29 is 28.3 Å². The summed E-state index contributed by atoms with van der Waals surface area (Å²) in [5.74, 6) is -2.95. The lowest BCUT2D eigenvalue weighted by molar-refractivity contribution is -0.148. The molecule has 0 aromatic heterocycles. The summed E-state index contributed by atoms with van der Waals surface area (Å²) in [6, 6.07) is 4.24. The number of hydrogen-bond donors (Lipinski definition) is 1. The van der Waals surface area contributed by atoms with Gasteiger partial charge in [0.25, 0.3) is 5.91 Å². The molecule has 2 atom stereocenters. The number of allylic oxidation sites excluding steroid dienone is 2. The Kier molecular flexibility index (Phi) is 5.87. The third-order valence-corrected chi connectivity index (χ3v) is 4.96. The highest BCUT2D eigenvalue weighted by molar-refractivity contribution is 6.05. The van der Waals surface area contributed by atoms with Gasteiger partial charge in [-0.15, -0.1) is 0 Å². The molecule has 2 aliphatic rings. The lowest BCUT2D eigenvalue weighted by Crippen LogP contribution is -2.33. The zero-order valence-corrected chi connectivity index (χ0v) is 15.4. The van der Waals surface area contributed by atoms with Crippen molar-refractivity contribution in [1.29, 1.82) is 0 Å². The summed E-state index contributed by atoms with van der Waals surface area (Å²) in [7, 11) is 0. The first-order valence-corrected chi connectivity index (χ1v) is 9.08. The van der Waals surface area contributed by atoms with Crippen LogP contribution in [-0.4, -0.2) is 41.7 Å². The molecular formula is C20H21FN2O5. The average Bonchev–Trinajstić information content (AvgIpc) is 2.92. The fourth-order valence-corrected chi connectivity index (χ4v) is 3.38. The quantitative estimate of drug-likeness (QED) is 0.457. The third-order valence-electron chi connectivity index (χ3n) is 4.96. The summed E-state index contributed by atoms with van der Waals surface area (Å²) in [6.45, 7) is 1.00. The van der Waals surface area contributed by atoms with Gasteiger partial charge in [-0.3, -0.25) is 24.1 Å². The molecule has 148 valence electrons. The van der Waals surface area contributed by atoms with Gasteiger partial charge in [0.15, 0.2) is 6.61 Å². The minimum absolute atomic E-state index is 0.0612. The highest BCUT2D eigenvalue weighted by atomic mass is 19.1. The van der Waals surface area contributed by atoms with Gasteiger partial charge in [-0.25, -0.2) is 4.39 Å². The number of fused-ring (bicyclic) bond motifs is 1. The molecule has 0 unspecified atom stereocenters. The van der Waals surface area contributed by atoms with E-state index in [1.165, 1.54) is 18.2 Å². The first kappa shape index (κ1) is 19.7. The third kappa shape index (κ3) is 4.27. The Balaban J connectivity index is 1.43. The van der Waals surface area contributed by atoms with Gasteiger partial charge in [0.05, 0.1) is 18.3 Å². The maximum Gasteiger partial charge on any atom is 0.308 e. The first-order chi connectivity index (χ1) is 13.4. The van der Waals surface area contributed by atoms with E-state index in [0.717, 1.165) is 4.90 Å². The number of nitrogens with zero attached hydrogens (tertiary/aromatic N) is 1. The Bertz CT molecular complexity index is 825. The second-order valence-corrected chi connectivity index (χ2v) is 6.91. The van der Waals surface area contributed by atoms with E-state index in [2.05, 4.69) is 5.32 Å². The Hall–Kier alpha value is -3.03. The fraction of sp³-hybridized carbons (Fsp3) is 0.400. The number of nitrogens with one attached hydrogen (secondary N) is 1. The van der Waals surface area contributed by atoms with Crippen LogP contribution in [0.3, 0.4) is 0 Å². The van der Waals surface area contributed by atoms with Crippen LogP contribution in [0.15, 0.2) is 30.4 Å². The van der Waals surface area contributed by atoms with Gasteiger partial charge in [-0.05, 0) is 37.5 Å². The van der Waals surface area contributed by atoms with Gasteiger partial charge in [0, 0.05) is 12.2 Å². The van der Waals surface area contributed by atoms with E-state index in [-0.39, 0.29) is 42.3 Å². The van der Waals surface area contributed by atoms with Crippen molar-refractivity contribution in [2.24, 2.45) is 11.8 Å². The van der Waals surface area contributed by atoms with Crippen LogP contribution in [0.5, 0.6) is 0 Å². The van der Waals surface area contributed by atoms with Gasteiger partial charge >= 0.3 is 5.97 Å². The molecule has 0 saturated carbocycles. The van der Waals surface area contributed by atoms with Crippen LogP contribution in [0, 0.1) is 24.6 Å². The number of anilines is 1. The molecule has 3 rings (SSSR count). The van der Waals surface area contributed by atoms with E-state index in [1.54, 1.807) is 6.92 Å². The van der Waals surface area contributed by atoms with Gasteiger partial charge in [-0.2, -0.15) is 0 Å². The standard InChI is InChI=1S/C20H21FN2O5/c1-12-6-7-13(10-16(12)21)22-17(24)11-28-18(25)8-9-23-19(26)14-4-2-3-5-15(14)20(23)27/h2-3,6-7,10,14-15H,4-5,8-9,11H2,1H3,(H,22,24)/t14-,15-/m1/s1. The number of carbonyl (C=O) groups excluding carboxylic acids is 4. The zero-order chi connectivity index (χ0) is 20.3. The van der Waals surface area contributed by atoms with Gasteiger partial charge in [-0.1, -0.05) is 18.2 Å². The van der Waals surface area contributed by atoms with Crippen molar-refractivity contribution in [2.75, 3.05) is 18.5 Å². The summed E-state index contributed by atoms with van der Waals surface area (Å²) in [6.07, 6.45) is 4.67. The van der Waals surface area contributed by atoms with E-state index in [4.69, 9.17) is 4.74 Å². The normalized spacial score (nSPS) is 20.9. The molecular weight excluding hydrogens is 367 g/mol. The number of ether oxygens (including phenoxy) is 1. The topological polar surface area (TPSA) is 92.8 Å². The number of halogens is 1. The number of esters is 1. The lowest BCUT2D eigenvalue weighted by Gasteiger charge is -2.14. The lowest BCUT2D eigenvalue weighted by atomic mass is 9.85. The molecule has 0 spiro atoms. The number of benzene rings is 1. The summed E-state index contributed by atoms with van der Waals surface area (Å²) < 4.78 is 18.3. The molecule has 0 radical (unpaired) electrons. The zero-order valence-electron chi connectivity index (χ0n) is 15.4. The average molecular weight is 388 g/mol. The molecule has 1 saturated heterocycles. The molecule has 1 aliphatic heterocycles. The molecule has 0 bridgehead atoms. The second-order valence-electron chi connectivity index (χ2n) is 6.91. The maximum absolute atomic E-state index is 13.5. The molecule has 8 heteroatoms. The van der Waals surface area contributed by atoms with Crippen LogP contribution in [0.2, 0.25) is 0 Å². The largest absolute Gasteiger partial charge is 0.456 e. The van der Waals surface area contributed by atoms with Crippen molar-refractivity contribution in [3.8, 4) is 0 Å². The van der Waals surface area contributed by atoms with Crippen molar-refractivity contribution in [3.63, 3.8) is 0 Å². The van der Waals surface area contributed by atoms with Crippen LogP contribution in [0.1, 0.15) is 24.8 Å². The van der Waals surface area contributed by atoms with Crippen LogP contribution in [-0.2, 0) is 23.9 Å². The highest BCUT2D eigenvalue weighted by Gasteiger charge is 2.46. The maximum atomic E-state index is 13.5. The van der Waals surface area contributed by atoms with Crippen LogP contribution in [0.4, 0.5) is 10.1 Å². The number of carbonyl (C=O) groups is 4. The smallest absolute Gasteiger partial charge is 0.308 e. The minimum Gasteiger partial charge on any atom is -0.456 e. The van der Waals surface area contributed by atoms with E-state index >= 15 is 0 Å². The number of hydrogen-bond acceptors (Lipinski definition) is 5. The van der Waals surface area contributed by atoms with Crippen molar-refractivity contribution in [1.82, 2.24) is 4.90 Å². The van der Waals surface area contributed by atoms with Gasteiger partial charge in [0.1, 0.15) is 5.82 Å². The Morgan fingerprint density at radius 3 is 2.43 bits per heavy atom. The summed E-state index contributed by atoms with van der Waals surface area (Å²) in [5.41, 5.74) is 0.708. The predicted octanol–water partition coefficient (Wildman–Crippen LogP) is 1.96. The number of amides is 3. The highest BCUT2D eigenvalue weighted by Crippen LogP contribution is 2.34. The molecule has 3 amide bonds. The summed E-state index contributed by atoms with van der Waals surface area (Å²) in [4.78, 5) is 49.4. The van der Waals surface area contributed by atoms with Gasteiger partial charge in [0.2, 0.25) is 11.8 Å². The van der Waals surface area contributed by atoms with Gasteiger partial charge < -0.3 is 10.1 Å². The monoisotopic (exact) mass is 388 g/mol. The Morgan fingerprint density at radius 2 is 1.82 bits per heavy atom. The van der Waals surface area contributed by atoms with Crippen molar-refractivity contribution in [3.05, 3.63) is 41.7 Å². The first-order valence-electron chi connectivity index (χ1n) is 9.08. The molecule has 1 N–H and O–H groups in total. The SMILES string of the molecule is Cc1ccc(NC(=O)COC(=O)CCN2C(=O)[C@@H]3CC=CC[C@H]3C2=O)cc1F. The van der Waals surface area contributed by atoms with E-state index in [9.17, 15) is 23.6 Å². The second kappa shape index (κ2) is 8.33. The number of rotatable bonds is 6. The predicted molar refractivity (Wildman–Crippen MR) is 97.4 cm³/mol. The molecule has 1 aromatic rings. The summed E-state index contributed by atoms with van der Waals surface area (Å²) >= 11 is 0. The summed E-state index contributed by atoms with van der Waals surface area (Å²) in [5, 5.41) is 2.43. The van der Waals surface area contributed by atoms with E-state index in [1.807, 2.05) is 12.2 Å². The number of aryl methyl sites for hydroxylation is 1. The van der Waals surface area contributed by atoms with Crippen LogP contribution < -0.4 is 5.32 Å². The van der Waals surface area contributed by atoms with Crippen molar-refractivity contribution >= 4 is 29.4 Å². The minimum atomic E-state index is -0.696. The molecule has 1 aliphatic carbocycles. The van der Waals surface area contributed by atoms with E-state index in [0.29, 0.717) is 18.4 Å². The molecule has 1 heterocycles. The van der Waals surface area contributed by atoms with Crippen LogP contribution >= 0.6 is 0 Å². The molecule has 1 fully saturated rings. The van der Waals surface area contributed by atoms with Crippen molar-refractivity contribution in [2.45, 2.75) is 26.2 Å².